The average Bonchev–Trinajstić information content (AvgIpc) is 3.24. The van der Waals surface area contributed by atoms with Crippen LogP contribution in [0, 0.1) is 0 Å². The van der Waals surface area contributed by atoms with E-state index in [2.05, 4.69) is 27.4 Å². The summed E-state index contributed by atoms with van der Waals surface area (Å²) in [5.41, 5.74) is 5.47. The fraction of sp³-hybridized carbons (Fsp3) is 0.192. The van der Waals surface area contributed by atoms with Crippen LogP contribution in [0.3, 0.4) is 0 Å². The fourth-order valence-electron chi connectivity index (χ4n) is 4.07. The van der Waals surface area contributed by atoms with Crippen LogP contribution in [-0.2, 0) is 6.54 Å². The molecule has 178 valence electrons. The Labute approximate surface area is 201 Å². The summed E-state index contributed by atoms with van der Waals surface area (Å²) in [5, 5.41) is 10.8. The number of imidazole rings is 1. The van der Waals surface area contributed by atoms with Gasteiger partial charge in [-0.2, -0.15) is 0 Å². The molecule has 9 heteroatoms. The smallest absolute Gasteiger partial charge is 0.404 e. The molecule has 2 amide bonds. The first-order chi connectivity index (χ1) is 17.1. The molecule has 35 heavy (non-hydrogen) atoms. The molecule has 1 aliphatic rings. The van der Waals surface area contributed by atoms with Crippen LogP contribution in [0.5, 0.6) is 11.5 Å². The predicted octanol–water partition coefficient (Wildman–Crippen LogP) is 3.91. The van der Waals surface area contributed by atoms with Crippen LogP contribution in [0.4, 0.5) is 4.79 Å². The standard InChI is InChI=1S/C26H24N4O5/c31-25(17-1-5-21(6-2-17)34-11-9-27-26(32)33)30-10-12-35-24-8-4-18(13-20(24)15-30)19-3-7-22-23(14-19)29-16-28-22/h1-8,13-14,16,27H,9-12,15H2,(H,28,29)(H,32,33). The van der Waals surface area contributed by atoms with Crippen LogP contribution in [0.25, 0.3) is 22.2 Å². The summed E-state index contributed by atoms with van der Waals surface area (Å²) in [5.74, 6) is 1.26. The van der Waals surface area contributed by atoms with Crippen LogP contribution in [-0.4, -0.2) is 58.3 Å². The number of hydrogen-bond donors (Lipinski definition) is 3. The van der Waals surface area contributed by atoms with Crippen molar-refractivity contribution in [3.05, 3.63) is 78.1 Å². The molecule has 3 N–H and O–H groups in total. The number of benzene rings is 3. The summed E-state index contributed by atoms with van der Waals surface area (Å²) in [6.07, 6.45) is 0.585. The van der Waals surface area contributed by atoms with Crippen molar-refractivity contribution < 1.29 is 24.2 Å². The van der Waals surface area contributed by atoms with E-state index in [4.69, 9.17) is 14.6 Å². The molecule has 0 unspecified atom stereocenters. The maximum absolute atomic E-state index is 13.2. The molecule has 0 atom stereocenters. The lowest BCUT2D eigenvalue weighted by atomic mass is 10.0. The molecule has 0 radical (unpaired) electrons. The summed E-state index contributed by atoms with van der Waals surface area (Å²) in [7, 11) is 0. The highest BCUT2D eigenvalue weighted by Crippen LogP contribution is 2.31. The van der Waals surface area contributed by atoms with Crippen molar-refractivity contribution in [1.82, 2.24) is 20.2 Å². The number of nitrogens with one attached hydrogen (secondary N) is 2. The third-order valence-electron chi connectivity index (χ3n) is 5.83. The van der Waals surface area contributed by atoms with Crippen molar-refractivity contribution in [3.63, 3.8) is 0 Å². The minimum Gasteiger partial charge on any atom is -0.492 e. The molecule has 1 aliphatic heterocycles. The highest BCUT2D eigenvalue weighted by Gasteiger charge is 2.21. The lowest BCUT2D eigenvalue weighted by Crippen LogP contribution is -2.32. The largest absolute Gasteiger partial charge is 0.492 e. The SMILES string of the molecule is O=C(O)NCCOc1ccc(C(=O)N2CCOc3ccc(-c4ccc5nc[nH]c5c4)cc3C2)cc1. The van der Waals surface area contributed by atoms with Crippen LogP contribution in [0.15, 0.2) is 67.0 Å². The second kappa shape index (κ2) is 9.76. The number of aromatic nitrogens is 2. The van der Waals surface area contributed by atoms with Gasteiger partial charge in [-0.15, -0.1) is 0 Å². The van der Waals surface area contributed by atoms with E-state index in [1.807, 2.05) is 24.3 Å². The van der Waals surface area contributed by atoms with Gasteiger partial charge >= 0.3 is 6.09 Å². The summed E-state index contributed by atoms with van der Waals surface area (Å²) >= 11 is 0. The molecule has 3 aromatic carbocycles. The Hall–Kier alpha value is -4.53. The van der Waals surface area contributed by atoms with E-state index in [1.54, 1.807) is 35.5 Å². The number of carbonyl (C=O) groups excluding carboxylic acids is 1. The summed E-state index contributed by atoms with van der Waals surface area (Å²) < 4.78 is 11.4. The van der Waals surface area contributed by atoms with Crippen molar-refractivity contribution in [2.45, 2.75) is 6.54 Å². The molecule has 0 fully saturated rings. The maximum atomic E-state index is 13.2. The van der Waals surface area contributed by atoms with Gasteiger partial charge in [0.15, 0.2) is 0 Å². The first-order valence-electron chi connectivity index (χ1n) is 11.2. The van der Waals surface area contributed by atoms with Crippen molar-refractivity contribution >= 4 is 23.0 Å². The third-order valence-corrected chi connectivity index (χ3v) is 5.83. The maximum Gasteiger partial charge on any atom is 0.404 e. The zero-order valence-electron chi connectivity index (χ0n) is 18.9. The summed E-state index contributed by atoms with van der Waals surface area (Å²) in [4.78, 5) is 32.9. The first kappa shape index (κ1) is 22.3. The topological polar surface area (TPSA) is 117 Å². The Bertz CT molecular complexity index is 1370. The van der Waals surface area contributed by atoms with Crippen molar-refractivity contribution in [1.29, 1.82) is 0 Å². The van der Waals surface area contributed by atoms with Gasteiger partial charge < -0.3 is 29.8 Å². The number of rotatable bonds is 6. The second-order valence-electron chi connectivity index (χ2n) is 8.14. The Morgan fingerprint density at radius 2 is 1.89 bits per heavy atom. The predicted molar refractivity (Wildman–Crippen MR) is 130 cm³/mol. The number of aromatic amines is 1. The van der Waals surface area contributed by atoms with Gasteiger partial charge in [-0.1, -0.05) is 12.1 Å². The van der Waals surface area contributed by atoms with E-state index in [1.165, 1.54) is 0 Å². The first-order valence-corrected chi connectivity index (χ1v) is 11.2. The zero-order chi connectivity index (χ0) is 24.2. The molecular formula is C26H24N4O5. The highest BCUT2D eigenvalue weighted by atomic mass is 16.5. The number of fused-ring (bicyclic) bond motifs is 2. The van der Waals surface area contributed by atoms with Gasteiger partial charge in [0.2, 0.25) is 0 Å². The quantitative estimate of drug-likeness (QED) is 0.367. The molecule has 0 saturated heterocycles. The normalized spacial score (nSPS) is 13.0. The molecule has 5 rings (SSSR count). The Balaban J connectivity index is 1.29. The van der Waals surface area contributed by atoms with Gasteiger partial charge in [0, 0.05) is 17.7 Å². The highest BCUT2D eigenvalue weighted by molar-refractivity contribution is 5.94. The molecule has 4 aromatic rings. The molecule has 0 aliphatic carbocycles. The molecule has 9 nitrogen and oxygen atoms in total. The van der Waals surface area contributed by atoms with Gasteiger partial charge in [-0.25, -0.2) is 9.78 Å². The third kappa shape index (κ3) is 5.03. The Kier molecular flexibility index (Phi) is 6.21. The number of ether oxygens (including phenoxy) is 2. The number of hydrogen-bond acceptors (Lipinski definition) is 5. The Morgan fingerprint density at radius 1 is 1.09 bits per heavy atom. The van der Waals surface area contributed by atoms with E-state index < -0.39 is 6.09 Å². The minimum absolute atomic E-state index is 0.0928. The van der Waals surface area contributed by atoms with Crippen molar-refractivity contribution in [2.24, 2.45) is 0 Å². The monoisotopic (exact) mass is 472 g/mol. The fourth-order valence-corrected chi connectivity index (χ4v) is 4.07. The van der Waals surface area contributed by atoms with Gasteiger partial charge in [0.25, 0.3) is 5.91 Å². The number of carbonyl (C=O) groups is 2. The van der Waals surface area contributed by atoms with Gasteiger partial charge in [0.05, 0.1) is 30.5 Å². The minimum atomic E-state index is -1.09. The van der Waals surface area contributed by atoms with Gasteiger partial charge in [-0.3, -0.25) is 4.79 Å². The van der Waals surface area contributed by atoms with Crippen LogP contribution >= 0.6 is 0 Å². The number of amides is 2. The Morgan fingerprint density at radius 3 is 2.71 bits per heavy atom. The molecule has 0 saturated carbocycles. The molecule has 2 heterocycles. The van der Waals surface area contributed by atoms with E-state index >= 15 is 0 Å². The van der Waals surface area contributed by atoms with Crippen LogP contribution in [0.2, 0.25) is 0 Å². The number of nitrogens with zero attached hydrogens (tertiary/aromatic N) is 2. The summed E-state index contributed by atoms with van der Waals surface area (Å²) in [6.45, 7) is 1.71. The molecule has 1 aromatic heterocycles. The molecule has 0 spiro atoms. The van der Waals surface area contributed by atoms with E-state index in [0.29, 0.717) is 31.0 Å². The van der Waals surface area contributed by atoms with E-state index in [-0.39, 0.29) is 19.1 Å². The van der Waals surface area contributed by atoms with E-state index in [0.717, 1.165) is 33.5 Å². The second-order valence-corrected chi connectivity index (χ2v) is 8.14. The molecule has 0 bridgehead atoms. The van der Waals surface area contributed by atoms with Gasteiger partial charge in [0.1, 0.15) is 24.7 Å². The number of carboxylic acid groups (broad SMARTS) is 1. The van der Waals surface area contributed by atoms with Crippen molar-refractivity contribution in [2.75, 3.05) is 26.3 Å². The van der Waals surface area contributed by atoms with Crippen molar-refractivity contribution in [3.8, 4) is 22.6 Å². The lowest BCUT2D eigenvalue weighted by Gasteiger charge is -2.20. The van der Waals surface area contributed by atoms with Gasteiger partial charge in [-0.05, 0) is 59.7 Å². The van der Waals surface area contributed by atoms with Crippen LogP contribution in [0.1, 0.15) is 15.9 Å². The average molecular weight is 473 g/mol. The number of H-pyrrole nitrogens is 1. The van der Waals surface area contributed by atoms with E-state index in [9.17, 15) is 9.59 Å². The van der Waals surface area contributed by atoms with Crippen LogP contribution < -0.4 is 14.8 Å². The molecular weight excluding hydrogens is 448 g/mol. The lowest BCUT2D eigenvalue weighted by molar-refractivity contribution is 0.0733. The summed E-state index contributed by atoms with van der Waals surface area (Å²) in [6, 6.07) is 19.0. The zero-order valence-corrected chi connectivity index (χ0v) is 18.9.